The van der Waals surface area contributed by atoms with Crippen molar-refractivity contribution in [3.8, 4) is 0 Å². The minimum atomic E-state index is -0.000226. The highest BCUT2D eigenvalue weighted by atomic mass is 16.2. The molecule has 0 bridgehead atoms. The van der Waals surface area contributed by atoms with Crippen molar-refractivity contribution in [2.45, 2.75) is 25.0 Å². The number of H-pyrrole nitrogens is 1. The zero-order valence-corrected chi connectivity index (χ0v) is 11.6. The first kappa shape index (κ1) is 12.6. The van der Waals surface area contributed by atoms with Gasteiger partial charge in [0, 0.05) is 17.9 Å². The predicted molar refractivity (Wildman–Crippen MR) is 80.2 cm³/mol. The van der Waals surface area contributed by atoms with E-state index < -0.39 is 0 Å². The van der Waals surface area contributed by atoms with Gasteiger partial charge in [0.05, 0.1) is 17.8 Å². The largest absolute Gasteiger partial charge is 0.364 e. The molecule has 3 unspecified atom stereocenters. The lowest BCUT2D eigenvalue weighted by molar-refractivity contribution is -0.121. The van der Waals surface area contributed by atoms with Gasteiger partial charge in [-0.2, -0.15) is 0 Å². The van der Waals surface area contributed by atoms with Crippen LogP contribution in [0, 0.1) is 5.92 Å². The van der Waals surface area contributed by atoms with E-state index in [1.54, 1.807) is 5.01 Å². The summed E-state index contributed by atoms with van der Waals surface area (Å²) in [7, 11) is 0. The van der Waals surface area contributed by atoms with Gasteiger partial charge in [0.15, 0.2) is 0 Å². The fourth-order valence-corrected chi connectivity index (χ4v) is 3.28. The molecule has 0 spiro atoms. The molecule has 3 N–H and O–H groups in total. The Morgan fingerprint density at radius 2 is 1.90 bits per heavy atom. The number of fused-ring (bicyclic) bond motifs is 1. The number of nitrogens with zero attached hydrogens (tertiary/aromatic N) is 1. The number of hydrogen-bond acceptors (Lipinski definition) is 3. The molecule has 2 aliphatic heterocycles. The summed E-state index contributed by atoms with van der Waals surface area (Å²) >= 11 is 0. The van der Waals surface area contributed by atoms with E-state index in [0.717, 1.165) is 18.5 Å². The molecule has 1 amide bonds. The highest BCUT2D eigenvalue weighted by Gasteiger charge is 2.44. The molecule has 4 rings (SSSR count). The van der Waals surface area contributed by atoms with E-state index in [1.165, 1.54) is 5.69 Å². The summed E-state index contributed by atoms with van der Waals surface area (Å²) in [5, 5.41) is 5.22. The van der Waals surface area contributed by atoms with E-state index in [2.05, 4.69) is 21.8 Å². The maximum Gasteiger partial charge on any atom is 0.247 e. The molecule has 2 fully saturated rings. The predicted octanol–water partition coefficient (Wildman–Crippen LogP) is 1.93. The van der Waals surface area contributed by atoms with Gasteiger partial charge in [-0.25, -0.2) is 10.4 Å². The number of carbonyl (C=O) groups is 1. The summed E-state index contributed by atoms with van der Waals surface area (Å²) in [5.74, 6) is 0.167. The van der Waals surface area contributed by atoms with Gasteiger partial charge in [0.2, 0.25) is 5.91 Å². The van der Waals surface area contributed by atoms with E-state index in [1.807, 2.05) is 42.6 Å². The number of hydrogen-bond donors (Lipinski definition) is 3. The Bertz CT molecular complexity index is 625. The van der Waals surface area contributed by atoms with Crippen LogP contribution in [0.2, 0.25) is 0 Å². The number of aromatic nitrogens is 1. The number of benzene rings is 1. The van der Waals surface area contributed by atoms with Crippen molar-refractivity contribution in [1.29, 1.82) is 0 Å². The zero-order chi connectivity index (χ0) is 14.2. The molecule has 5 heteroatoms. The van der Waals surface area contributed by atoms with Crippen LogP contribution in [-0.2, 0) is 4.79 Å². The van der Waals surface area contributed by atoms with Crippen LogP contribution in [0.25, 0.3) is 0 Å². The van der Waals surface area contributed by atoms with Gasteiger partial charge in [0.1, 0.15) is 0 Å². The minimum absolute atomic E-state index is 0.000226. The normalized spacial score (nSPS) is 28.7. The minimum Gasteiger partial charge on any atom is -0.364 e. The topological polar surface area (TPSA) is 60.2 Å². The van der Waals surface area contributed by atoms with Crippen LogP contribution in [0.1, 0.15) is 24.6 Å². The molecular weight excluding hydrogens is 264 g/mol. The van der Waals surface area contributed by atoms with E-state index in [0.29, 0.717) is 0 Å². The molecule has 3 atom stereocenters. The Labute approximate surface area is 123 Å². The second-order valence-corrected chi connectivity index (χ2v) is 5.64. The molecule has 2 saturated heterocycles. The summed E-state index contributed by atoms with van der Waals surface area (Å²) in [5.41, 5.74) is 5.39. The van der Waals surface area contributed by atoms with Gasteiger partial charge in [-0.3, -0.25) is 10.1 Å². The summed E-state index contributed by atoms with van der Waals surface area (Å²) in [6.45, 7) is 0. The maximum absolute atomic E-state index is 12.5. The van der Waals surface area contributed by atoms with Gasteiger partial charge in [-0.1, -0.05) is 18.2 Å². The Hall–Kier alpha value is -2.11. The van der Waals surface area contributed by atoms with Crippen LogP contribution < -0.4 is 15.8 Å². The van der Waals surface area contributed by atoms with Crippen molar-refractivity contribution in [2.24, 2.45) is 5.92 Å². The third-order valence-electron chi connectivity index (χ3n) is 4.37. The van der Waals surface area contributed by atoms with E-state index >= 15 is 0 Å². The number of carbonyl (C=O) groups excluding carboxylic acids is 1. The molecule has 0 radical (unpaired) electrons. The number of rotatable bonds is 2. The van der Waals surface area contributed by atoms with Crippen molar-refractivity contribution in [2.75, 3.05) is 5.01 Å². The molecule has 0 saturated carbocycles. The van der Waals surface area contributed by atoms with Crippen LogP contribution in [0.15, 0.2) is 48.7 Å². The fourth-order valence-electron chi connectivity index (χ4n) is 3.28. The molecule has 1 aromatic carbocycles. The highest BCUT2D eigenvalue weighted by molar-refractivity contribution is 5.96. The van der Waals surface area contributed by atoms with Crippen molar-refractivity contribution >= 4 is 11.6 Å². The molecule has 108 valence electrons. The van der Waals surface area contributed by atoms with Crippen molar-refractivity contribution in [3.63, 3.8) is 0 Å². The standard InChI is InChI=1S/C16H18N4O/c21-16-12-8-9-14(13-7-4-10-17-13)18-15(12)19-20(16)11-5-2-1-3-6-11/h1-7,10,12,14-15,17-19H,8-9H2. The van der Waals surface area contributed by atoms with E-state index in [-0.39, 0.29) is 24.0 Å². The number of para-hydroxylation sites is 1. The Morgan fingerprint density at radius 3 is 2.67 bits per heavy atom. The molecule has 5 nitrogen and oxygen atoms in total. The molecule has 2 aliphatic rings. The van der Waals surface area contributed by atoms with E-state index in [9.17, 15) is 4.79 Å². The first-order valence-electron chi connectivity index (χ1n) is 7.37. The van der Waals surface area contributed by atoms with Gasteiger partial charge < -0.3 is 4.98 Å². The lowest BCUT2D eigenvalue weighted by Crippen LogP contribution is -2.49. The van der Waals surface area contributed by atoms with Crippen molar-refractivity contribution in [3.05, 3.63) is 54.4 Å². The van der Waals surface area contributed by atoms with Crippen LogP contribution in [0.3, 0.4) is 0 Å². The SMILES string of the molecule is O=C1C2CCC(c3ccc[nH]3)NC2NN1c1ccccc1. The smallest absolute Gasteiger partial charge is 0.247 e. The summed E-state index contributed by atoms with van der Waals surface area (Å²) in [6.07, 6.45) is 3.81. The zero-order valence-electron chi connectivity index (χ0n) is 11.6. The first-order chi connectivity index (χ1) is 10.3. The molecule has 3 heterocycles. The maximum atomic E-state index is 12.5. The number of anilines is 1. The third kappa shape index (κ3) is 2.14. The molecule has 2 aromatic rings. The average molecular weight is 282 g/mol. The van der Waals surface area contributed by atoms with Gasteiger partial charge in [0.25, 0.3) is 0 Å². The van der Waals surface area contributed by atoms with Gasteiger partial charge in [-0.15, -0.1) is 0 Å². The number of aromatic amines is 1. The summed E-state index contributed by atoms with van der Waals surface area (Å²) in [6, 6.07) is 14.1. The van der Waals surface area contributed by atoms with Crippen LogP contribution >= 0.6 is 0 Å². The number of piperidine rings is 1. The average Bonchev–Trinajstić information content (AvgIpc) is 3.16. The van der Waals surface area contributed by atoms with E-state index in [4.69, 9.17) is 0 Å². The highest BCUT2D eigenvalue weighted by Crippen LogP contribution is 2.33. The van der Waals surface area contributed by atoms with Gasteiger partial charge in [-0.05, 0) is 37.1 Å². The fraction of sp³-hybridized carbons (Fsp3) is 0.312. The summed E-state index contributed by atoms with van der Waals surface area (Å²) in [4.78, 5) is 15.8. The van der Waals surface area contributed by atoms with Crippen molar-refractivity contribution in [1.82, 2.24) is 15.7 Å². The number of nitrogens with one attached hydrogen (secondary N) is 3. The quantitative estimate of drug-likeness (QED) is 0.789. The second kappa shape index (κ2) is 5.02. The molecule has 0 aliphatic carbocycles. The molecular formula is C16H18N4O. The second-order valence-electron chi connectivity index (χ2n) is 5.64. The first-order valence-corrected chi connectivity index (χ1v) is 7.37. The lowest BCUT2D eigenvalue weighted by Gasteiger charge is -2.30. The van der Waals surface area contributed by atoms with Crippen LogP contribution in [0.4, 0.5) is 5.69 Å². The lowest BCUT2D eigenvalue weighted by atomic mass is 9.91. The van der Waals surface area contributed by atoms with Gasteiger partial charge >= 0.3 is 0 Å². The third-order valence-corrected chi connectivity index (χ3v) is 4.37. The molecule has 1 aromatic heterocycles. The molecule has 21 heavy (non-hydrogen) atoms. The van der Waals surface area contributed by atoms with Crippen molar-refractivity contribution < 1.29 is 4.79 Å². The Kier molecular flexibility index (Phi) is 3.02. The number of hydrazine groups is 1. The van der Waals surface area contributed by atoms with Crippen LogP contribution in [0.5, 0.6) is 0 Å². The number of amides is 1. The van der Waals surface area contributed by atoms with Crippen LogP contribution in [-0.4, -0.2) is 17.1 Å². The Balaban J connectivity index is 1.54. The summed E-state index contributed by atoms with van der Waals surface area (Å²) < 4.78 is 0. The monoisotopic (exact) mass is 282 g/mol. The Morgan fingerprint density at radius 1 is 1.05 bits per heavy atom.